The summed E-state index contributed by atoms with van der Waals surface area (Å²) >= 11 is 1.53. The van der Waals surface area contributed by atoms with E-state index in [0.29, 0.717) is 11.9 Å². The molecule has 0 amide bonds. The molecular weight excluding hydrogens is 300 g/mol. The molecule has 3 unspecified atom stereocenters. The highest BCUT2D eigenvalue weighted by atomic mass is 32.1. The highest BCUT2D eigenvalue weighted by Gasteiger charge is 2.54. The highest BCUT2D eigenvalue weighted by Crippen LogP contribution is 2.41. The average molecular weight is 318 g/mol. The number of aliphatic imine (C=N–C) groups is 1. The number of fused-ring (bicyclic) bond motifs is 4. The van der Waals surface area contributed by atoms with E-state index in [0.717, 1.165) is 35.1 Å². The third-order valence-electron chi connectivity index (χ3n) is 4.68. The largest absolute Gasteiger partial charge is 0.455 e. The molecule has 2 fully saturated rings. The van der Waals surface area contributed by atoms with E-state index in [1.54, 1.807) is 6.20 Å². The fourth-order valence-corrected chi connectivity index (χ4v) is 4.45. The molecule has 2 saturated heterocycles. The quantitative estimate of drug-likeness (QED) is 0.831. The minimum Gasteiger partial charge on any atom is -0.455 e. The zero-order valence-corrected chi connectivity index (χ0v) is 13.0. The molecule has 1 spiro atoms. The lowest BCUT2D eigenvalue weighted by atomic mass is 9.88. The number of anilines is 1. The third kappa shape index (κ3) is 1.98. The van der Waals surface area contributed by atoms with Crippen LogP contribution in [-0.2, 0) is 4.74 Å². The van der Waals surface area contributed by atoms with E-state index in [-0.39, 0.29) is 11.8 Å². The van der Waals surface area contributed by atoms with Gasteiger partial charge in [0, 0.05) is 25.2 Å². The van der Waals surface area contributed by atoms with Gasteiger partial charge >= 0.3 is 0 Å². The van der Waals surface area contributed by atoms with Crippen molar-refractivity contribution in [3.05, 3.63) is 18.3 Å². The van der Waals surface area contributed by atoms with Crippen LogP contribution in [0.1, 0.15) is 6.42 Å². The summed E-state index contributed by atoms with van der Waals surface area (Å²) in [6.07, 6.45) is 3.01. The van der Waals surface area contributed by atoms with Crippen molar-refractivity contribution < 1.29 is 4.74 Å². The summed E-state index contributed by atoms with van der Waals surface area (Å²) in [5.74, 6) is 0.623. The molecule has 2 aromatic rings. The summed E-state index contributed by atoms with van der Waals surface area (Å²) < 4.78 is 6.19. The van der Waals surface area contributed by atoms with E-state index >= 15 is 0 Å². The van der Waals surface area contributed by atoms with Crippen molar-refractivity contribution in [1.82, 2.24) is 21.0 Å². The number of hydrogen-bond acceptors (Lipinski definition) is 8. The Morgan fingerprint density at radius 3 is 3.18 bits per heavy atom. The summed E-state index contributed by atoms with van der Waals surface area (Å²) in [5.41, 5.74) is 0.819. The molecular formula is C14H18N6OS. The molecule has 5 rings (SSSR count). The molecule has 8 heteroatoms. The van der Waals surface area contributed by atoms with Crippen LogP contribution >= 0.6 is 11.3 Å². The number of rotatable bonds is 1. The van der Waals surface area contributed by atoms with E-state index in [2.05, 4.69) is 25.2 Å². The molecule has 22 heavy (non-hydrogen) atoms. The summed E-state index contributed by atoms with van der Waals surface area (Å²) in [6.45, 7) is 4.14. The summed E-state index contributed by atoms with van der Waals surface area (Å²) in [7, 11) is 0. The number of ether oxygens (including phenoxy) is 1. The smallest absolute Gasteiger partial charge is 0.291 e. The maximum absolute atomic E-state index is 6.19. The molecule has 5 heterocycles. The van der Waals surface area contributed by atoms with Gasteiger partial charge in [-0.25, -0.2) is 15.0 Å². The number of amidine groups is 1. The highest BCUT2D eigenvalue weighted by molar-refractivity contribution is 7.21. The molecule has 116 valence electrons. The molecule has 2 aromatic heterocycles. The van der Waals surface area contributed by atoms with Gasteiger partial charge in [0.05, 0.1) is 6.54 Å². The van der Waals surface area contributed by atoms with Crippen molar-refractivity contribution in [2.24, 2.45) is 10.9 Å². The third-order valence-corrected chi connectivity index (χ3v) is 5.57. The summed E-state index contributed by atoms with van der Waals surface area (Å²) in [5, 5.41) is 4.01. The van der Waals surface area contributed by atoms with Gasteiger partial charge in [0.15, 0.2) is 5.13 Å². The minimum absolute atomic E-state index is 0. The molecule has 3 aliphatic rings. The Bertz CT molecular complexity index is 713. The Morgan fingerprint density at radius 1 is 1.45 bits per heavy atom. The van der Waals surface area contributed by atoms with Gasteiger partial charge in [0.25, 0.3) is 6.02 Å². The summed E-state index contributed by atoms with van der Waals surface area (Å²) in [6, 6.07) is 4.47. The van der Waals surface area contributed by atoms with E-state index < -0.39 is 0 Å². The second-order valence-corrected chi connectivity index (χ2v) is 6.96. The van der Waals surface area contributed by atoms with Gasteiger partial charge in [-0.15, -0.1) is 0 Å². The van der Waals surface area contributed by atoms with Gasteiger partial charge in [-0.3, -0.25) is 10.2 Å². The summed E-state index contributed by atoms with van der Waals surface area (Å²) in [4.78, 5) is 16.8. The van der Waals surface area contributed by atoms with Crippen LogP contribution in [0.15, 0.2) is 23.3 Å². The minimum atomic E-state index is -0.0878. The van der Waals surface area contributed by atoms with Crippen molar-refractivity contribution in [3.8, 4) is 0 Å². The predicted octanol–water partition coefficient (Wildman–Crippen LogP) is 1.73. The fourth-order valence-electron chi connectivity index (χ4n) is 3.65. The SMILES string of the molecule is N.c1cnc2sc(NC3=NCC4(CN5CCC4C5)O3)nc2c1. The predicted molar refractivity (Wildman–Crippen MR) is 86.7 cm³/mol. The molecule has 0 aliphatic carbocycles. The number of pyridine rings is 1. The normalized spacial score (nSPS) is 32.1. The topological polar surface area (TPSA) is 97.6 Å². The van der Waals surface area contributed by atoms with Crippen LogP contribution in [0.25, 0.3) is 10.3 Å². The number of thiazole rings is 1. The molecule has 3 atom stereocenters. The first kappa shape index (κ1) is 13.9. The number of hydrogen-bond donors (Lipinski definition) is 2. The van der Waals surface area contributed by atoms with Gasteiger partial charge in [-0.2, -0.15) is 0 Å². The standard InChI is InChI=1S/C14H15N5OS.H3N/c1-2-10-11(15-4-1)21-13(17-10)18-12-16-7-14(20-12)8-19-5-3-9(14)6-19;/h1-2,4,9H,3,5-8H2,(H,16,17,18);1H3. The molecule has 4 N–H and O–H groups in total. The van der Waals surface area contributed by atoms with Crippen molar-refractivity contribution in [3.63, 3.8) is 0 Å². The van der Waals surface area contributed by atoms with E-state index in [1.807, 2.05) is 12.1 Å². The van der Waals surface area contributed by atoms with Gasteiger partial charge < -0.3 is 10.9 Å². The first-order valence-electron chi connectivity index (χ1n) is 7.25. The maximum Gasteiger partial charge on any atom is 0.291 e. The second-order valence-electron chi connectivity index (χ2n) is 5.98. The van der Waals surface area contributed by atoms with Crippen LogP contribution in [0, 0.1) is 5.92 Å². The lowest BCUT2D eigenvalue weighted by Gasteiger charge is -2.31. The van der Waals surface area contributed by atoms with Crippen molar-refractivity contribution >= 4 is 32.8 Å². The first-order valence-corrected chi connectivity index (χ1v) is 8.07. The Kier molecular flexibility index (Phi) is 3.07. The number of piperidine rings is 1. The van der Waals surface area contributed by atoms with Gasteiger partial charge in [-0.1, -0.05) is 11.3 Å². The van der Waals surface area contributed by atoms with Crippen LogP contribution in [0.2, 0.25) is 0 Å². The molecule has 0 radical (unpaired) electrons. The number of nitrogens with zero attached hydrogens (tertiary/aromatic N) is 4. The van der Waals surface area contributed by atoms with Crippen molar-refractivity contribution in [2.75, 3.05) is 31.5 Å². The van der Waals surface area contributed by atoms with Crippen LogP contribution in [0.3, 0.4) is 0 Å². The maximum atomic E-state index is 6.19. The van der Waals surface area contributed by atoms with E-state index in [9.17, 15) is 0 Å². The zero-order chi connectivity index (χ0) is 13.9. The Morgan fingerprint density at radius 2 is 2.41 bits per heavy atom. The van der Waals surface area contributed by atoms with E-state index in [1.165, 1.54) is 24.3 Å². The van der Waals surface area contributed by atoms with Crippen LogP contribution in [0.4, 0.5) is 5.13 Å². The molecule has 0 saturated carbocycles. The van der Waals surface area contributed by atoms with Crippen LogP contribution in [-0.4, -0.2) is 52.7 Å². The molecule has 0 aromatic carbocycles. The van der Waals surface area contributed by atoms with Crippen molar-refractivity contribution in [2.45, 2.75) is 12.0 Å². The molecule has 2 bridgehead atoms. The van der Waals surface area contributed by atoms with Gasteiger partial charge in [-0.05, 0) is 25.1 Å². The Labute approximate surface area is 132 Å². The molecule has 3 aliphatic heterocycles. The number of aromatic nitrogens is 2. The monoisotopic (exact) mass is 318 g/mol. The zero-order valence-electron chi connectivity index (χ0n) is 12.2. The van der Waals surface area contributed by atoms with Crippen LogP contribution < -0.4 is 11.5 Å². The molecule has 7 nitrogen and oxygen atoms in total. The van der Waals surface area contributed by atoms with Gasteiger partial charge in [0.1, 0.15) is 15.9 Å². The van der Waals surface area contributed by atoms with Crippen LogP contribution in [0.5, 0.6) is 0 Å². The second kappa shape index (κ2) is 4.87. The lowest BCUT2D eigenvalue weighted by molar-refractivity contribution is 0.0364. The van der Waals surface area contributed by atoms with E-state index in [4.69, 9.17) is 4.74 Å². The van der Waals surface area contributed by atoms with Crippen molar-refractivity contribution in [1.29, 1.82) is 0 Å². The Hall–Kier alpha value is -1.77. The average Bonchev–Trinajstić information content (AvgIpc) is 3.23. The first-order chi connectivity index (χ1) is 10.3. The fraction of sp³-hybridized carbons (Fsp3) is 0.500. The van der Waals surface area contributed by atoms with Gasteiger partial charge in [0.2, 0.25) is 0 Å². The Balaban J connectivity index is 0.00000125. The lowest BCUT2D eigenvalue weighted by Crippen LogP contribution is -2.46. The number of nitrogens with one attached hydrogen (secondary N) is 1.